The summed E-state index contributed by atoms with van der Waals surface area (Å²) in [4.78, 5) is 3.87. The molecule has 0 bridgehead atoms. The zero-order chi connectivity index (χ0) is 14.4. The van der Waals surface area contributed by atoms with E-state index in [9.17, 15) is 0 Å². The van der Waals surface area contributed by atoms with E-state index in [2.05, 4.69) is 10.3 Å². The van der Waals surface area contributed by atoms with Crippen molar-refractivity contribution in [3.05, 3.63) is 59.7 Å². The summed E-state index contributed by atoms with van der Waals surface area (Å²) in [5.41, 5.74) is 7.78. The van der Waals surface area contributed by atoms with Gasteiger partial charge in [0.05, 0.1) is 0 Å². The van der Waals surface area contributed by atoms with Crippen molar-refractivity contribution >= 4 is 29.9 Å². The number of nitrogens with two attached hydrogens (primary N) is 1. The summed E-state index contributed by atoms with van der Waals surface area (Å²) < 4.78 is 5.99. The number of nitrogens with one attached hydrogen (secondary N) is 1. The zero-order valence-corrected chi connectivity index (χ0v) is 14.5. The fourth-order valence-electron chi connectivity index (χ4n) is 1.80. The molecule has 0 aliphatic rings. The lowest BCUT2D eigenvalue weighted by Crippen LogP contribution is -2.30. The van der Waals surface area contributed by atoms with E-state index >= 15 is 0 Å². The van der Waals surface area contributed by atoms with Gasteiger partial charge in [-0.3, -0.25) is 4.99 Å². The number of hydrogen-bond donors (Lipinski definition) is 2. The van der Waals surface area contributed by atoms with Gasteiger partial charge in [0.15, 0.2) is 5.96 Å². The van der Waals surface area contributed by atoms with Gasteiger partial charge in [-0.15, -0.1) is 24.0 Å². The molecule has 0 saturated heterocycles. The number of aliphatic imine (C=N–C) groups is 1. The average Bonchev–Trinajstić information content (AvgIpc) is 2.48. The Kier molecular flexibility index (Phi) is 7.01. The van der Waals surface area contributed by atoms with Crippen LogP contribution in [-0.2, 0) is 6.54 Å². The van der Waals surface area contributed by atoms with Crippen LogP contribution in [0.2, 0.25) is 0 Å². The largest absolute Gasteiger partial charge is 0.457 e. The van der Waals surface area contributed by atoms with Crippen LogP contribution in [0.4, 0.5) is 0 Å². The first kappa shape index (κ1) is 17.3. The molecule has 5 heteroatoms. The number of ether oxygens (including phenoxy) is 1. The van der Waals surface area contributed by atoms with E-state index in [0.29, 0.717) is 12.5 Å². The molecule has 4 nitrogen and oxygen atoms in total. The van der Waals surface area contributed by atoms with E-state index in [1.807, 2.05) is 55.5 Å². The standard InChI is InChI=1S/C16H19N3O.HI/c1-12-7-3-5-9-14(12)20-15-10-6-4-8-13(15)11-19-16(17)18-2;/h3-10H,11H2,1-2H3,(H3,17,18,19);1H. The summed E-state index contributed by atoms with van der Waals surface area (Å²) >= 11 is 0. The quantitative estimate of drug-likeness (QED) is 0.472. The number of para-hydroxylation sites is 2. The summed E-state index contributed by atoms with van der Waals surface area (Å²) in [6.07, 6.45) is 0. The Morgan fingerprint density at radius 1 is 1.10 bits per heavy atom. The summed E-state index contributed by atoms with van der Waals surface area (Å²) in [5.74, 6) is 2.09. The van der Waals surface area contributed by atoms with Crippen LogP contribution in [0.25, 0.3) is 0 Å². The highest BCUT2D eigenvalue weighted by Gasteiger charge is 2.06. The van der Waals surface area contributed by atoms with Crippen molar-refractivity contribution in [3.63, 3.8) is 0 Å². The van der Waals surface area contributed by atoms with Gasteiger partial charge in [-0.2, -0.15) is 0 Å². The maximum Gasteiger partial charge on any atom is 0.188 e. The summed E-state index contributed by atoms with van der Waals surface area (Å²) in [7, 11) is 1.65. The lowest BCUT2D eigenvalue weighted by Gasteiger charge is -2.13. The minimum Gasteiger partial charge on any atom is -0.457 e. The number of nitrogens with zero attached hydrogens (tertiary/aromatic N) is 1. The van der Waals surface area contributed by atoms with Crippen LogP contribution in [-0.4, -0.2) is 13.0 Å². The molecule has 0 spiro atoms. The highest BCUT2D eigenvalue weighted by molar-refractivity contribution is 14.0. The molecule has 2 aromatic carbocycles. The SMILES string of the molecule is CN=C(N)NCc1ccccc1Oc1ccccc1C.I. The third-order valence-electron chi connectivity index (χ3n) is 2.99. The smallest absolute Gasteiger partial charge is 0.188 e. The lowest BCUT2D eigenvalue weighted by atomic mass is 10.2. The van der Waals surface area contributed by atoms with E-state index in [0.717, 1.165) is 22.6 Å². The first-order chi connectivity index (χ1) is 9.70. The lowest BCUT2D eigenvalue weighted by molar-refractivity contribution is 0.471. The van der Waals surface area contributed by atoms with Crippen molar-refractivity contribution in [3.8, 4) is 11.5 Å². The highest BCUT2D eigenvalue weighted by Crippen LogP contribution is 2.27. The van der Waals surface area contributed by atoms with Crippen molar-refractivity contribution < 1.29 is 4.74 Å². The minimum atomic E-state index is 0. The molecule has 0 saturated carbocycles. The van der Waals surface area contributed by atoms with E-state index in [-0.39, 0.29) is 24.0 Å². The van der Waals surface area contributed by atoms with E-state index in [4.69, 9.17) is 10.5 Å². The topological polar surface area (TPSA) is 59.6 Å². The fourth-order valence-corrected chi connectivity index (χ4v) is 1.80. The average molecular weight is 397 g/mol. The molecule has 0 radical (unpaired) electrons. The van der Waals surface area contributed by atoms with Crippen molar-refractivity contribution in [1.29, 1.82) is 0 Å². The molecule has 2 aromatic rings. The molecule has 0 fully saturated rings. The summed E-state index contributed by atoms with van der Waals surface area (Å²) in [6.45, 7) is 2.60. The molecule has 3 N–H and O–H groups in total. The zero-order valence-electron chi connectivity index (χ0n) is 12.2. The monoisotopic (exact) mass is 397 g/mol. The number of guanidine groups is 1. The van der Waals surface area contributed by atoms with Crippen molar-refractivity contribution in [1.82, 2.24) is 5.32 Å². The second-order valence-corrected chi connectivity index (χ2v) is 4.44. The molecule has 2 rings (SSSR count). The third kappa shape index (κ3) is 4.93. The van der Waals surface area contributed by atoms with Crippen LogP contribution in [0.15, 0.2) is 53.5 Å². The van der Waals surface area contributed by atoms with E-state index in [1.54, 1.807) is 7.05 Å². The van der Waals surface area contributed by atoms with Crippen molar-refractivity contribution in [2.45, 2.75) is 13.5 Å². The molecular weight excluding hydrogens is 377 g/mol. The number of halogens is 1. The van der Waals surface area contributed by atoms with Gasteiger partial charge in [-0.1, -0.05) is 36.4 Å². The van der Waals surface area contributed by atoms with Crippen molar-refractivity contribution in [2.24, 2.45) is 10.7 Å². The molecule has 0 heterocycles. The van der Waals surface area contributed by atoms with Gasteiger partial charge in [0, 0.05) is 19.2 Å². The first-order valence-corrected chi connectivity index (χ1v) is 6.48. The Bertz CT molecular complexity index is 614. The maximum atomic E-state index is 5.99. The second-order valence-electron chi connectivity index (χ2n) is 4.44. The van der Waals surface area contributed by atoms with Gasteiger partial charge in [0.1, 0.15) is 11.5 Å². The van der Waals surface area contributed by atoms with Crippen LogP contribution in [0.3, 0.4) is 0 Å². The summed E-state index contributed by atoms with van der Waals surface area (Å²) in [6, 6.07) is 15.8. The molecule has 21 heavy (non-hydrogen) atoms. The third-order valence-corrected chi connectivity index (χ3v) is 2.99. The minimum absolute atomic E-state index is 0. The van der Waals surface area contributed by atoms with Gasteiger partial charge in [-0.25, -0.2) is 0 Å². The van der Waals surface area contributed by atoms with Gasteiger partial charge >= 0.3 is 0 Å². The van der Waals surface area contributed by atoms with E-state index in [1.165, 1.54) is 0 Å². The predicted octanol–water partition coefficient (Wildman–Crippen LogP) is 3.44. The fraction of sp³-hybridized carbons (Fsp3) is 0.188. The Hall–Kier alpha value is -1.76. The Morgan fingerprint density at radius 2 is 1.71 bits per heavy atom. The predicted molar refractivity (Wildman–Crippen MR) is 97.5 cm³/mol. The summed E-state index contributed by atoms with van der Waals surface area (Å²) in [5, 5.41) is 3.04. The van der Waals surface area contributed by atoms with Crippen LogP contribution in [0.1, 0.15) is 11.1 Å². The molecule has 0 aliphatic carbocycles. The number of benzene rings is 2. The molecule has 0 aliphatic heterocycles. The maximum absolute atomic E-state index is 5.99. The van der Waals surface area contributed by atoms with Crippen LogP contribution in [0, 0.1) is 6.92 Å². The second kappa shape index (κ2) is 8.51. The Labute approximate surface area is 142 Å². The Balaban J connectivity index is 0.00000220. The van der Waals surface area contributed by atoms with E-state index < -0.39 is 0 Å². The van der Waals surface area contributed by atoms with Gasteiger partial charge < -0.3 is 15.8 Å². The highest BCUT2D eigenvalue weighted by atomic mass is 127. The van der Waals surface area contributed by atoms with Crippen LogP contribution < -0.4 is 15.8 Å². The molecular formula is C16H20IN3O. The van der Waals surface area contributed by atoms with Gasteiger partial charge in [-0.05, 0) is 24.6 Å². The van der Waals surface area contributed by atoms with Gasteiger partial charge in [0.2, 0.25) is 0 Å². The Morgan fingerprint density at radius 3 is 2.38 bits per heavy atom. The molecule has 0 unspecified atom stereocenters. The number of rotatable bonds is 4. The van der Waals surface area contributed by atoms with Crippen molar-refractivity contribution in [2.75, 3.05) is 7.05 Å². The number of aryl methyl sites for hydroxylation is 1. The van der Waals surface area contributed by atoms with Gasteiger partial charge in [0.25, 0.3) is 0 Å². The number of hydrogen-bond acceptors (Lipinski definition) is 2. The van der Waals surface area contributed by atoms with Crippen LogP contribution in [0.5, 0.6) is 11.5 Å². The molecule has 0 amide bonds. The molecule has 0 atom stereocenters. The van der Waals surface area contributed by atoms with Crippen LogP contribution >= 0.6 is 24.0 Å². The molecule has 112 valence electrons. The molecule has 0 aromatic heterocycles. The first-order valence-electron chi connectivity index (χ1n) is 6.48. The normalized spacial score (nSPS) is 10.7.